The number of amides is 1. The van der Waals surface area contributed by atoms with Crippen molar-refractivity contribution >= 4 is 35.1 Å². The molecule has 1 aliphatic rings. The Morgan fingerprint density at radius 2 is 1.96 bits per heavy atom. The minimum absolute atomic E-state index is 0.128. The van der Waals surface area contributed by atoms with Gasteiger partial charge in [-0.15, -0.1) is 0 Å². The third kappa shape index (κ3) is 4.77. The van der Waals surface area contributed by atoms with E-state index in [2.05, 4.69) is 5.32 Å². The van der Waals surface area contributed by atoms with E-state index < -0.39 is 23.9 Å². The Balaban J connectivity index is 1.70. The highest BCUT2D eigenvalue weighted by molar-refractivity contribution is 6.31. The molecule has 2 N–H and O–H groups in total. The molecule has 0 saturated carbocycles. The molecule has 1 heterocycles. The number of esters is 1. The lowest BCUT2D eigenvalue weighted by Gasteiger charge is -2.29. The number of carboxylic acids is 1. The van der Waals surface area contributed by atoms with E-state index in [-0.39, 0.29) is 19.5 Å². The summed E-state index contributed by atoms with van der Waals surface area (Å²) in [6.07, 6.45) is 0.159. The summed E-state index contributed by atoms with van der Waals surface area (Å²) in [4.78, 5) is 37.2. The van der Waals surface area contributed by atoms with Crippen LogP contribution < -0.4 is 15.0 Å². The largest absolute Gasteiger partial charge is 0.480 e. The number of fused-ring (bicyclic) bond motifs is 1. The first kappa shape index (κ1) is 18.7. The molecular formula is C19H17ClN2O5. The van der Waals surface area contributed by atoms with Crippen LogP contribution in [-0.2, 0) is 20.8 Å². The lowest BCUT2D eigenvalue weighted by Crippen LogP contribution is -2.48. The van der Waals surface area contributed by atoms with Crippen LogP contribution in [0.4, 0.5) is 5.69 Å². The molecule has 0 aromatic heterocycles. The highest BCUT2D eigenvalue weighted by atomic mass is 35.5. The topological polar surface area (TPSA) is 95.9 Å². The highest BCUT2D eigenvalue weighted by Crippen LogP contribution is 2.34. The first-order valence-corrected chi connectivity index (χ1v) is 8.61. The molecule has 1 amide bonds. The number of aliphatic carboxylic acids is 1. The molecule has 8 heteroatoms. The van der Waals surface area contributed by atoms with Crippen molar-refractivity contribution in [3.63, 3.8) is 0 Å². The van der Waals surface area contributed by atoms with Gasteiger partial charge in [-0.2, -0.15) is 0 Å². The molecule has 1 unspecified atom stereocenters. The molecule has 0 bridgehead atoms. The number of benzene rings is 2. The normalized spacial score (nSPS) is 14.1. The van der Waals surface area contributed by atoms with Gasteiger partial charge in [0.25, 0.3) is 0 Å². The summed E-state index contributed by atoms with van der Waals surface area (Å²) in [6, 6.07) is 12.7. The van der Waals surface area contributed by atoms with E-state index in [0.717, 1.165) is 5.56 Å². The van der Waals surface area contributed by atoms with Crippen molar-refractivity contribution in [2.24, 2.45) is 0 Å². The van der Waals surface area contributed by atoms with Gasteiger partial charge in [0.05, 0.1) is 12.2 Å². The Labute approximate surface area is 160 Å². The van der Waals surface area contributed by atoms with Crippen LogP contribution in [0.15, 0.2) is 48.5 Å². The summed E-state index contributed by atoms with van der Waals surface area (Å²) in [5, 5.41) is 12.3. The van der Waals surface area contributed by atoms with E-state index in [1.54, 1.807) is 42.5 Å². The second kappa shape index (κ2) is 8.09. The number of nitrogens with zero attached hydrogens (tertiary/aromatic N) is 1. The molecule has 3 rings (SSSR count). The molecule has 0 fully saturated rings. The minimum atomic E-state index is -1.13. The van der Waals surface area contributed by atoms with Crippen LogP contribution in [0, 0.1) is 0 Å². The zero-order valence-corrected chi connectivity index (χ0v) is 15.0. The van der Waals surface area contributed by atoms with Gasteiger partial charge in [0.15, 0.2) is 5.75 Å². The van der Waals surface area contributed by atoms with E-state index in [9.17, 15) is 19.5 Å². The van der Waals surface area contributed by atoms with Gasteiger partial charge in [0.2, 0.25) is 5.91 Å². The molecule has 0 radical (unpaired) electrons. The maximum Gasteiger partial charge on any atom is 0.331 e. The Morgan fingerprint density at radius 3 is 2.67 bits per heavy atom. The van der Waals surface area contributed by atoms with Crippen molar-refractivity contribution < 1.29 is 24.2 Å². The number of carbonyl (C=O) groups is 3. The molecule has 2 aromatic rings. The van der Waals surface area contributed by atoms with Crippen LogP contribution in [0.1, 0.15) is 5.56 Å². The number of halogens is 1. The first-order valence-electron chi connectivity index (χ1n) is 8.23. The summed E-state index contributed by atoms with van der Waals surface area (Å²) in [5.41, 5.74) is 1.30. The third-order valence-electron chi connectivity index (χ3n) is 4.06. The molecule has 0 aliphatic carbocycles. The maximum absolute atomic E-state index is 12.4. The summed E-state index contributed by atoms with van der Waals surface area (Å²) in [7, 11) is 0. The fraction of sp³-hybridized carbons (Fsp3) is 0.211. The molecular weight excluding hydrogens is 372 g/mol. The monoisotopic (exact) mass is 388 g/mol. The average Bonchev–Trinajstić information content (AvgIpc) is 2.62. The second-order valence-corrected chi connectivity index (χ2v) is 6.53. The maximum atomic E-state index is 12.4. The Morgan fingerprint density at radius 1 is 1.22 bits per heavy atom. The van der Waals surface area contributed by atoms with Crippen molar-refractivity contribution in [3.05, 3.63) is 59.1 Å². The van der Waals surface area contributed by atoms with Crippen LogP contribution >= 0.6 is 11.6 Å². The van der Waals surface area contributed by atoms with E-state index in [0.29, 0.717) is 16.5 Å². The predicted octanol–water partition coefficient (Wildman–Crippen LogP) is 1.88. The fourth-order valence-corrected chi connectivity index (χ4v) is 2.99. The van der Waals surface area contributed by atoms with Gasteiger partial charge in [-0.3, -0.25) is 4.79 Å². The molecule has 0 saturated heterocycles. The number of carboxylic acid groups (broad SMARTS) is 1. The lowest BCUT2D eigenvalue weighted by molar-refractivity contribution is -0.141. The van der Waals surface area contributed by atoms with E-state index >= 15 is 0 Å². The number of ether oxygens (including phenoxy) is 1. The standard InChI is InChI=1S/C19H17ClN2O5/c20-13-6-7-16-15(9-13)22(11-18(24)27-16)10-17(23)21-14(19(25)26)8-12-4-2-1-3-5-12/h1-7,9,14H,8,10-11H2,(H,21,23)(H,25,26). The van der Waals surface area contributed by atoms with Gasteiger partial charge in [-0.1, -0.05) is 41.9 Å². The number of nitrogens with one attached hydrogen (secondary N) is 1. The number of hydrogen-bond acceptors (Lipinski definition) is 5. The zero-order chi connectivity index (χ0) is 19.4. The van der Waals surface area contributed by atoms with Crippen molar-refractivity contribution in [1.29, 1.82) is 0 Å². The number of rotatable bonds is 6. The Bertz CT molecular complexity index is 872. The molecule has 2 aromatic carbocycles. The molecule has 140 valence electrons. The summed E-state index contributed by atoms with van der Waals surface area (Å²) < 4.78 is 5.13. The Hall–Kier alpha value is -3.06. The molecule has 0 spiro atoms. The van der Waals surface area contributed by atoms with Crippen molar-refractivity contribution in [2.45, 2.75) is 12.5 Å². The van der Waals surface area contributed by atoms with Crippen LogP contribution in [-0.4, -0.2) is 42.1 Å². The van der Waals surface area contributed by atoms with E-state index in [1.165, 1.54) is 4.90 Å². The molecule has 7 nitrogen and oxygen atoms in total. The third-order valence-corrected chi connectivity index (χ3v) is 4.29. The van der Waals surface area contributed by atoms with Gasteiger partial charge in [0.1, 0.15) is 12.6 Å². The summed E-state index contributed by atoms with van der Waals surface area (Å²) in [6.45, 7) is -0.321. The van der Waals surface area contributed by atoms with Gasteiger partial charge >= 0.3 is 11.9 Å². The predicted molar refractivity (Wildman–Crippen MR) is 99.0 cm³/mol. The van der Waals surface area contributed by atoms with Gasteiger partial charge in [-0.05, 0) is 23.8 Å². The van der Waals surface area contributed by atoms with Crippen LogP contribution in [0.3, 0.4) is 0 Å². The zero-order valence-electron chi connectivity index (χ0n) is 14.2. The SMILES string of the molecule is O=C(CN1CC(=O)Oc2ccc(Cl)cc21)NC(Cc1ccccc1)C(=O)O. The number of carbonyl (C=O) groups excluding carboxylic acids is 2. The van der Waals surface area contributed by atoms with E-state index in [4.69, 9.17) is 16.3 Å². The number of hydrogen-bond donors (Lipinski definition) is 2. The van der Waals surface area contributed by atoms with Gasteiger partial charge in [0, 0.05) is 11.4 Å². The van der Waals surface area contributed by atoms with Crippen LogP contribution in [0.2, 0.25) is 5.02 Å². The van der Waals surface area contributed by atoms with Crippen molar-refractivity contribution in [2.75, 3.05) is 18.0 Å². The van der Waals surface area contributed by atoms with Crippen molar-refractivity contribution in [3.8, 4) is 5.75 Å². The van der Waals surface area contributed by atoms with Gasteiger partial charge in [-0.25, -0.2) is 9.59 Å². The fourth-order valence-electron chi connectivity index (χ4n) is 2.82. The Kier molecular flexibility index (Phi) is 5.61. The molecule has 27 heavy (non-hydrogen) atoms. The first-order chi connectivity index (χ1) is 12.9. The highest BCUT2D eigenvalue weighted by Gasteiger charge is 2.27. The molecule has 1 aliphatic heterocycles. The van der Waals surface area contributed by atoms with Crippen LogP contribution in [0.5, 0.6) is 5.75 Å². The second-order valence-electron chi connectivity index (χ2n) is 6.09. The average molecular weight is 389 g/mol. The van der Waals surface area contributed by atoms with Crippen LogP contribution in [0.25, 0.3) is 0 Å². The summed E-state index contributed by atoms with van der Waals surface area (Å²) in [5.74, 6) is -1.84. The number of anilines is 1. The minimum Gasteiger partial charge on any atom is -0.480 e. The summed E-state index contributed by atoms with van der Waals surface area (Å²) >= 11 is 5.99. The lowest BCUT2D eigenvalue weighted by atomic mass is 10.1. The quantitative estimate of drug-likeness (QED) is 0.579. The van der Waals surface area contributed by atoms with E-state index in [1.807, 2.05) is 6.07 Å². The van der Waals surface area contributed by atoms with Gasteiger partial charge < -0.3 is 20.1 Å². The smallest absolute Gasteiger partial charge is 0.331 e. The van der Waals surface area contributed by atoms with Crippen molar-refractivity contribution in [1.82, 2.24) is 5.32 Å². The molecule has 1 atom stereocenters.